The molecule has 47 heavy (non-hydrogen) atoms. The van der Waals surface area contributed by atoms with Crippen LogP contribution in [0.1, 0.15) is 65.7 Å². The van der Waals surface area contributed by atoms with Gasteiger partial charge in [-0.1, -0.05) is 52.8 Å². The van der Waals surface area contributed by atoms with E-state index in [0.717, 1.165) is 13.1 Å². The van der Waals surface area contributed by atoms with E-state index in [9.17, 15) is 28.8 Å². The monoisotopic (exact) mass is 651 g/mol. The number of pyridine rings is 1. The Kier molecular flexibility index (Phi) is 12.6. The molecule has 4 N–H and O–H groups in total. The van der Waals surface area contributed by atoms with Crippen molar-refractivity contribution < 1.29 is 28.8 Å². The fraction of sp³-hybridized carbons (Fsp3) is 0.559. The number of carbonyl (C=O) groups excluding carboxylic acids is 6. The molecule has 0 spiro atoms. The second kappa shape index (κ2) is 15.9. The Morgan fingerprint density at radius 1 is 0.830 bits per heavy atom. The van der Waals surface area contributed by atoms with Gasteiger partial charge < -0.3 is 26.2 Å². The van der Waals surface area contributed by atoms with Gasteiger partial charge in [0.1, 0.15) is 12.1 Å². The normalized spacial score (nSPS) is 15.9. The number of rotatable bonds is 12. The molecule has 1 fully saturated rings. The van der Waals surface area contributed by atoms with Gasteiger partial charge in [-0.15, -0.1) is 0 Å². The highest BCUT2D eigenvalue weighted by atomic mass is 16.2. The number of nitrogens with zero attached hydrogens (tertiary/aromatic N) is 3. The van der Waals surface area contributed by atoms with Crippen molar-refractivity contribution in [2.45, 2.75) is 79.6 Å². The lowest BCUT2D eigenvalue weighted by Crippen LogP contribution is -2.59. The summed E-state index contributed by atoms with van der Waals surface area (Å²) >= 11 is 0. The van der Waals surface area contributed by atoms with Crippen LogP contribution in [-0.2, 0) is 24.0 Å². The predicted molar refractivity (Wildman–Crippen MR) is 178 cm³/mol. The molecule has 0 bridgehead atoms. The fourth-order valence-electron chi connectivity index (χ4n) is 5.34. The van der Waals surface area contributed by atoms with Gasteiger partial charge in [-0.2, -0.15) is 0 Å². The molecule has 0 saturated carbocycles. The number of carbonyl (C=O) groups is 6. The van der Waals surface area contributed by atoms with Gasteiger partial charge in [0.25, 0.3) is 11.8 Å². The van der Waals surface area contributed by atoms with E-state index in [-0.39, 0.29) is 12.5 Å². The molecule has 13 nitrogen and oxygen atoms in total. The van der Waals surface area contributed by atoms with E-state index in [1.54, 1.807) is 63.8 Å². The zero-order chi connectivity index (χ0) is 35.1. The Balaban J connectivity index is 1.59. The average Bonchev–Trinajstić information content (AvgIpc) is 3.03. The number of amides is 5. The molecular formula is C34H49N7O6. The summed E-state index contributed by atoms with van der Waals surface area (Å²) < 4.78 is 0. The van der Waals surface area contributed by atoms with E-state index in [4.69, 9.17) is 0 Å². The van der Waals surface area contributed by atoms with Gasteiger partial charge >= 0.3 is 0 Å². The molecule has 1 aromatic carbocycles. The Labute approximate surface area is 276 Å². The van der Waals surface area contributed by atoms with Crippen LogP contribution in [0.3, 0.4) is 0 Å². The maximum Gasteiger partial charge on any atom is 0.290 e. The third kappa shape index (κ3) is 9.80. The first-order valence-electron chi connectivity index (χ1n) is 16.1. The minimum Gasteiger partial charge on any atom is -0.344 e. The molecule has 2 aromatic rings. The molecule has 13 heteroatoms. The number of para-hydroxylation sites is 1. The standard InChI is InChI=1S/C34H49N7O6/c1-20(2)27(28(43)32(46)36-19-26(42)41-17-15-40(16-18-41)21(3)4)38-30(44)22(5)37-33(47)29(34(6,7)8)39-31(45)24-13-14-35-25-12-10-9-11-23(24)25/h9-14,20-22,27,29H,15-19H2,1-8H3,(H,36,46)(H,37,47)(H,38,44)(H,39,45). The molecule has 2 heterocycles. The summed E-state index contributed by atoms with van der Waals surface area (Å²) in [5, 5.41) is 11.0. The van der Waals surface area contributed by atoms with Crippen LogP contribution in [-0.4, -0.2) is 107 Å². The number of hydrogen-bond donors (Lipinski definition) is 4. The van der Waals surface area contributed by atoms with E-state index in [0.29, 0.717) is 35.6 Å². The highest BCUT2D eigenvalue weighted by Crippen LogP contribution is 2.22. The van der Waals surface area contributed by atoms with Crippen LogP contribution in [0.5, 0.6) is 0 Å². The molecule has 3 atom stereocenters. The first-order chi connectivity index (χ1) is 22.0. The van der Waals surface area contributed by atoms with Gasteiger partial charge in [-0.05, 0) is 44.2 Å². The van der Waals surface area contributed by atoms with Crippen LogP contribution in [0, 0.1) is 11.3 Å². The zero-order valence-electron chi connectivity index (χ0n) is 28.7. The van der Waals surface area contributed by atoms with Gasteiger partial charge in [0.2, 0.25) is 23.5 Å². The number of nitrogens with one attached hydrogen (secondary N) is 4. The van der Waals surface area contributed by atoms with E-state index in [2.05, 4.69) is 45.0 Å². The van der Waals surface area contributed by atoms with Gasteiger partial charge in [-0.25, -0.2) is 0 Å². The molecule has 5 amide bonds. The van der Waals surface area contributed by atoms with Gasteiger partial charge in [-0.3, -0.25) is 38.7 Å². The van der Waals surface area contributed by atoms with Crippen LogP contribution >= 0.6 is 0 Å². The minimum absolute atomic E-state index is 0.284. The number of piperazine rings is 1. The van der Waals surface area contributed by atoms with Crippen molar-refractivity contribution in [1.29, 1.82) is 0 Å². The molecule has 1 aliphatic heterocycles. The Bertz CT molecular complexity index is 1470. The smallest absolute Gasteiger partial charge is 0.290 e. The van der Waals surface area contributed by atoms with E-state index in [1.165, 1.54) is 13.1 Å². The van der Waals surface area contributed by atoms with Gasteiger partial charge in [0.05, 0.1) is 23.7 Å². The second-order valence-electron chi connectivity index (χ2n) is 13.7. The number of Topliss-reactive ketones (excluding diaryl/α,β-unsaturated/α-hetero) is 1. The summed E-state index contributed by atoms with van der Waals surface area (Å²) in [5.41, 5.74) is 0.263. The Hall–Kier alpha value is -4.39. The topological polar surface area (TPSA) is 170 Å². The van der Waals surface area contributed by atoms with E-state index in [1.807, 2.05) is 6.07 Å². The van der Waals surface area contributed by atoms with Crippen molar-refractivity contribution in [3.8, 4) is 0 Å². The van der Waals surface area contributed by atoms with Crippen LogP contribution in [0.15, 0.2) is 36.5 Å². The van der Waals surface area contributed by atoms with Crippen molar-refractivity contribution >= 4 is 46.2 Å². The first kappa shape index (κ1) is 37.1. The highest BCUT2D eigenvalue weighted by Gasteiger charge is 2.36. The highest BCUT2D eigenvalue weighted by molar-refractivity contribution is 6.38. The molecule has 1 aliphatic rings. The summed E-state index contributed by atoms with van der Waals surface area (Å²) in [7, 11) is 0. The molecule has 1 saturated heterocycles. The molecule has 1 aromatic heterocycles. The minimum atomic E-state index is -1.19. The molecule has 0 radical (unpaired) electrons. The molecular weight excluding hydrogens is 602 g/mol. The van der Waals surface area contributed by atoms with Crippen molar-refractivity contribution in [3.05, 3.63) is 42.1 Å². The SMILES string of the molecule is CC(NC(=O)C(NC(=O)c1ccnc2ccccc12)C(C)(C)C)C(=O)NC(C(=O)C(=O)NCC(=O)N1CCN(C(C)C)CC1)C(C)C. The summed E-state index contributed by atoms with van der Waals surface area (Å²) in [6, 6.07) is 5.82. The summed E-state index contributed by atoms with van der Waals surface area (Å²) in [4.78, 5) is 86.6. The number of aromatic nitrogens is 1. The maximum atomic E-state index is 13.4. The molecule has 3 rings (SSSR count). The van der Waals surface area contributed by atoms with E-state index >= 15 is 0 Å². The fourth-order valence-corrected chi connectivity index (χ4v) is 5.34. The maximum absolute atomic E-state index is 13.4. The number of benzene rings is 1. The zero-order valence-corrected chi connectivity index (χ0v) is 28.7. The Morgan fingerprint density at radius 2 is 1.47 bits per heavy atom. The average molecular weight is 652 g/mol. The second-order valence-corrected chi connectivity index (χ2v) is 13.7. The van der Waals surface area contributed by atoms with Gasteiger partial charge in [0.15, 0.2) is 0 Å². The molecule has 256 valence electrons. The van der Waals surface area contributed by atoms with Crippen molar-refractivity contribution in [3.63, 3.8) is 0 Å². The number of fused-ring (bicyclic) bond motifs is 1. The summed E-state index contributed by atoms with van der Waals surface area (Å²) in [6.45, 7) is 16.6. The van der Waals surface area contributed by atoms with Crippen LogP contribution in [0.25, 0.3) is 10.9 Å². The Morgan fingerprint density at radius 3 is 2.06 bits per heavy atom. The number of hydrogen-bond acceptors (Lipinski definition) is 8. The lowest BCUT2D eigenvalue weighted by Gasteiger charge is -2.37. The van der Waals surface area contributed by atoms with Gasteiger partial charge in [0, 0.05) is 43.8 Å². The summed E-state index contributed by atoms with van der Waals surface area (Å²) in [6.07, 6.45) is 1.52. The number of ketones is 1. The molecule has 0 aliphatic carbocycles. The first-order valence-corrected chi connectivity index (χ1v) is 16.1. The molecule has 3 unspecified atom stereocenters. The summed E-state index contributed by atoms with van der Waals surface area (Å²) in [5.74, 6) is -4.36. The van der Waals surface area contributed by atoms with Crippen LogP contribution in [0.2, 0.25) is 0 Å². The lowest BCUT2D eigenvalue weighted by molar-refractivity contribution is -0.142. The third-order valence-corrected chi connectivity index (χ3v) is 8.32. The van der Waals surface area contributed by atoms with Crippen molar-refractivity contribution in [1.82, 2.24) is 36.1 Å². The van der Waals surface area contributed by atoms with Crippen molar-refractivity contribution in [2.75, 3.05) is 32.7 Å². The predicted octanol–water partition coefficient (Wildman–Crippen LogP) is 1.26. The van der Waals surface area contributed by atoms with Crippen molar-refractivity contribution in [2.24, 2.45) is 11.3 Å². The lowest BCUT2D eigenvalue weighted by atomic mass is 9.85. The van der Waals surface area contributed by atoms with E-state index < -0.39 is 58.9 Å². The van der Waals surface area contributed by atoms with Crippen LogP contribution in [0.4, 0.5) is 0 Å². The van der Waals surface area contributed by atoms with Crippen LogP contribution < -0.4 is 21.3 Å². The quantitative estimate of drug-likeness (QED) is 0.249. The third-order valence-electron chi connectivity index (χ3n) is 8.32. The largest absolute Gasteiger partial charge is 0.344 e.